The number of benzene rings is 1. The van der Waals surface area contributed by atoms with Crippen molar-refractivity contribution in [2.45, 2.75) is 64.8 Å². The molecular formula is C21H32NO10P. The standard InChI is InChI=1S/C21H32NO10P/c1-5-27-33(26,28-6-2)12-11-17-18(25)19(29-13(3)23)20(30-14(4)24)21(32-17)31-16-9-7-15(22)8-10-16/h7-10,17-21,25H,5-6,11-12,22H2,1-4H3/t17-,18-,19+,20+,21+/m1/s1. The van der Waals surface area contributed by atoms with Gasteiger partial charge in [0.15, 0.2) is 6.10 Å². The van der Waals surface area contributed by atoms with Gasteiger partial charge >= 0.3 is 19.5 Å². The maximum absolute atomic E-state index is 12.9. The summed E-state index contributed by atoms with van der Waals surface area (Å²) >= 11 is 0. The van der Waals surface area contributed by atoms with E-state index in [4.69, 9.17) is 33.7 Å². The Morgan fingerprint density at radius 2 is 1.58 bits per heavy atom. The Balaban J connectivity index is 2.31. The van der Waals surface area contributed by atoms with Gasteiger partial charge in [-0.2, -0.15) is 0 Å². The first-order valence-electron chi connectivity index (χ1n) is 10.7. The van der Waals surface area contributed by atoms with E-state index in [9.17, 15) is 19.3 Å². The molecule has 0 aliphatic carbocycles. The Morgan fingerprint density at radius 3 is 2.09 bits per heavy atom. The van der Waals surface area contributed by atoms with Gasteiger partial charge in [0.25, 0.3) is 0 Å². The topological polar surface area (TPSA) is 153 Å². The number of carbonyl (C=O) groups excluding carboxylic acids is 2. The molecule has 1 aliphatic heterocycles. The molecule has 1 aromatic carbocycles. The average molecular weight is 489 g/mol. The molecule has 1 aromatic rings. The molecule has 0 saturated carbocycles. The van der Waals surface area contributed by atoms with Gasteiger partial charge < -0.3 is 38.8 Å². The van der Waals surface area contributed by atoms with Crippen LogP contribution in [0.4, 0.5) is 5.69 Å². The molecule has 1 aliphatic rings. The summed E-state index contributed by atoms with van der Waals surface area (Å²) in [5.41, 5.74) is 6.21. The first kappa shape index (κ1) is 27.1. The van der Waals surface area contributed by atoms with E-state index < -0.39 is 50.2 Å². The molecule has 12 heteroatoms. The third-order valence-corrected chi connectivity index (χ3v) is 6.80. The lowest BCUT2D eigenvalue weighted by Gasteiger charge is -2.43. The van der Waals surface area contributed by atoms with Crippen molar-refractivity contribution in [1.82, 2.24) is 0 Å². The van der Waals surface area contributed by atoms with Crippen LogP contribution in [0, 0.1) is 0 Å². The number of rotatable bonds is 11. The number of aliphatic hydroxyl groups is 1. The van der Waals surface area contributed by atoms with Crippen LogP contribution in [0.15, 0.2) is 24.3 Å². The fraction of sp³-hybridized carbons (Fsp3) is 0.619. The fourth-order valence-electron chi connectivity index (χ4n) is 3.39. The first-order chi connectivity index (χ1) is 15.6. The molecule has 1 saturated heterocycles. The predicted molar refractivity (Wildman–Crippen MR) is 118 cm³/mol. The number of aliphatic hydroxyl groups excluding tert-OH is 1. The van der Waals surface area contributed by atoms with Gasteiger partial charge in [0.1, 0.15) is 11.9 Å². The minimum absolute atomic E-state index is 0.0323. The van der Waals surface area contributed by atoms with E-state index in [0.717, 1.165) is 6.92 Å². The monoisotopic (exact) mass is 489 g/mol. The van der Waals surface area contributed by atoms with Gasteiger partial charge in [-0.25, -0.2) is 0 Å². The lowest BCUT2D eigenvalue weighted by Crippen LogP contribution is -2.61. The fourth-order valence-corrected chi connectivity index (χ4v) is 5.08. The van der Waals surface area contributed by atoms with Gasteiger partial charge in [-0.3, -0.25) is 14.2 Å². The summed E-state index contributed by atoms with van der Waals surface area (Å²) in [6, 6.07) is 6.39. The van der Waals surface area contributed by atoms with Gasteiger partial charge in [-0.15, -0.1) is 0 Å². The van der Waals surface area contributed by atoms with Crippen LogP contribution in [0.5, 0.6) is 5.75 Å². The van der Waals surface area contributed by atoms with Crippen LogP contribution in [0.2, 0.25) is 0 Å². The molecule has 11 nitrogen and oxygen atoms in total. The molecule has 1 fully saturated rings. The zero-order chi connectivity index (χ0) is 24.6. The summed E-state index contributed by atoms with van der Waals surface area (Å²) in [4.78, 5) is 23.5. The normalized spacial score (nSPS) is 25.3. The maximum Gasteiger partial charge on any atom is 0.330 e. The second kappa shape index (κ2) is 12.3. The molecule has 0 spiro atoms. The quantitative estimate of drug-likeness (QED) is 0.267. The molecule has 0 radical (unpaired) electrons. The highest BCUT2D eigenvalue weighted by molar-refractivity contribution is 7.53. The van der Waals surface area contributed by atoms with Crippen molar-refractivity contribution >= 4 is 25.2 Å². The zero-order valence-corrected chi connectivity index (χ0v) is 20.1. The van der Waals surface area contributed by atoms with Crippen LogP contribution in [0.3, 0.4) is 0 Å². The van der Waals surface area contributed by atoms with Crippen LogP contribution in [0.1, 0.15) is 34.1 Å². The van der Waals surface area contributed by atoms with Crippen molar-refractivity contribution in [1.29, 1.82) is 0 Å². The molecule has 5 atom stereocenters. The minimum Gasteiger partial charge on any atom is -0.461 e. The highest BCUT2D eigenvalue weighted by Gasteiger charge is 2.51. The number of hydrogen-bond acceptors (Lipinski definition) is 11. The number of anilines is 1. The van der Waals surface area contributed by atoms with Crippen molar-refractivity contribution in [3.05, 3.63) is 24.3 Å². The van der Waals surface area contributed by atoms with Crippen LogP contribution >= 0.6 is 7.60 Å². The summed E-state index contributed by atoms with van der Waals surface area (Å²) in [5, 5.41) is 10.9. The van der Waals surface area contributed by atoms with Crippen LogP contribution in [-0.4, -0.2) is 67.1 Å². The van der Waals surface area contributed by atoms with Crippen molar-refractivity contribution in [2.75, 3.05) is 25.1 Å². The second-order valence-corrected chi connectivity index (χ2v) is 9.51. The smallest absolute Gasteiger partial charge is 0.330 e. The lowest BCUT2D eigenvalue weighted by atomic mass is 9.96. The van der Waals surface area contributed by atoms with E-state index in [1.165, 1.54) is 6.92 Å². The van der Waals surface area contributed by atoms with Gasteiger partial charge in [0.2, 0.25) is 12.4 Å². The number of esters is 2. The van der Waals surface area contributed by atoms with Crippen molar-refractivity contribution < 1.29 is 47.3 Å². The summed E-state index contributed by atoms with van der Waals surface area (Å²) in [7, 11) is -3.43. The molecule has 0 bridgehead atoms. The number of carbonyl (C=O) groups is 2. The molecule has 33 heavy (non-hydrogen) atoms. The molecule has 0 aromatic heterocycles. The van der Waals surface area contributed by atoms with Gasteiger partial charge in [0, 0.05) is 19.5 Å². The lowest BCUT2D eigenvalue weighted by molar-refractivity contribution is -0.280. The Kier molecular flexibility index (Phi) is 10.1. The van der Waals surface area contributed by atoms with Crippen molar-refractivity contribution in [2.24, 2.45) is 0 Å². The van der Waals surface area contributed by atoms with E-state index in [0.29, 0.717) is 11.4 Å². The highest BCUT2D eigenvalue weighted by Crippen LogP contribution is 2.49. The second-order valence-electron chi connectivity index (χ2n) is 7.33. The third-order valence-electron chi connectivity index (χ3n) is 4.69. The molecule has 0 unspecified atom stereocenters. The summed E-state index contributed by atoms with van der Waals surface area (Å²) in [6.07, 6.45) is -6.21. The van der Waals surface area contributed by atoms with E-state index in [-0.39, 0.29) is 25.8 Å². The molecular weight excluding hydrogens is 457 g/mol. The number of hydrogen-bond donors (Lipinski definition) is 2. The summed E-state index contributed by atoms with van der Waals surface area (Å²) < 4.78 is 45.8. The predicted octanol–water partition coefficient (Wildman–Crippen LogP) is 2.25. The Hall–Kier alpha value is -2.17. The van der Waals surface area contributed by atoms with Gasteiger partial charge in [-0.1, -0.05) is 0 Å². The SMILES string of the molecule is CCOP(=O)(CC[C@H]1O[C@H](Oc2ccc(N)cc2)[C@@H](OC(C)=O)[C@@H](OC(C)=O)[C@@H]1O)OCC. The van der Waals surface area contributed by atoms with Crippen LogP contribution in [0.25, 0.3) is 0 Å². The van der Waals surface area contributed by atoms with E-state index in [1.807, 2.05) is 0 Å². The Bertz CT molecular complexity index is 823. The van der Waals surface area contributed by atoms with E-state index in [1.54, 1.807) is 38.1 Å². The average Bonchev–Trinajstić information content (AvgIpc) is 2.73. The molecule has 3 N–H and O–H groups in total. The van der Waals surface area contributed by atoms with E-state index in [2.05, 4.69) is 0 Å². The molecule has 1 heterocycles. The number of ether oxygens (including phenoxy) is 4. The minimum atomic E-state index is -3.43. The maximum atomic E-state index is 12.9. The number of nitrogen functional groups attached to an aromatic ring is 1. The molecule has 0 amide bonds. The Labute approximate surface area is 193 Å². The number of nitrogens with two attached hydrogens (primary N) is 1. The van der Waals surface area contributed by atoms with Crippen LogP contribution < -0.4 is 10.5 Å². The van der Waals surface area contributed by atoms with Crippen molar-refractivity contribution in [3.63, 3.8) is 0 Å². The van der Waals surface area contributed by atoms with Gasteiger partial charge in [-0.05, 0) is 44.5 Å². The molecule has 186 valence electrons. The van der Waals surface area contributed by atoms with Gasteiger partial charge in [0.05, 0.1) is 25.5 Å². The van der Waals surface area contributed by atoms with Crippen LogP contribution in [-0.2, 0) is 37.4 Å². The zero-order valence-electron chi connectivity index (χ0n) is 19.2. The summed E-state index contributed by atoms with van der Waals surface area (Å²) in [5.74, 6) is -1.04. The largest absolute Gasteiger partial charge is 0.461 e. The third kappa shape index (κ3) is 7.97. The summed E-state index contributed by atoms with van der Waals surface area (Å²) in [6.45, 7) is 6.07. The van der Waals surface area contributed by atoms with E-state index >= 15 is 0 Å². The highest BCUT2D eigenvalue weighted by atomic mass is 31.2. The Morgan fingerprint density at radius 1 is 1.03 bits per heavy atom. The first-order valence-corrected chi connectivity index (χ1v) is 12.4. The molecule has 2 rings (SSSR count). The van der Waals surface area contributed by atoms with Crippen molar-refractivity contribution in [3.8, 4) is 5.75 Å².